The van der Waals surface area contributed by atoms with E-state index >= 15 is 0 Å². The molecule has 5 rings (SSSR count). The Morgan fingerprint density at radius 2 is 1.80 bits per heavy atom. The normalized spacial score (nSPS) is 39.2. The van der Waals surface area contributed by atoms with Crippen LogP contribution in [0.4, 0.5) is 5.82 Å². The second-order valence-corrected chi connectivity index (χ2v) is 7.20. The molecule has 4 aliphatic rings. The van der Waals surface area contributed by atoms with Crippen molar-refractivity contribution in [2.75, 3.05) is 5.32 Å². The van der Waals surface area contributed by atoms with Crippen LogP contribution in [0.15, 0.2) is 24.4 Å². The highest BCUT2D eigenvalue weighted by atomic mass is 15.0. The molecular weight excluding hydrogens is 246 g/mol. The van der Waals surface area contributed by atoms with Gasteiger partial charge in [-0.05, 0) is 68.4 Å². The van der Waals surface area contributed by atoms with Crippen molar-refractivity contribution in [1.82, 2.24) is 4.98 Å². The minimum Gasteiger partial charge on any atom is -0.354 e. The maximum Gasteiger partial charge on any atom is 0.126 e. The third-order valence-electron chi connectivity index (χ3n) is 5.78. The Morgan fingerprint density at radius 3 is 2.30 bits per heavy atom. The minimum absolute atomic E-state index is 0.0780. The summed E-state index contributed by atoms with van der Waals surface area (Å²) in [4.78, 5) is 4.33. The first kappa shape index (κ1) is 12.2. The standard InChI is InChI=1S/C17H21N3/c18-11-15(20-16-3-1-2-4-19-16)17-8-12-5-13(9-17)7-14(6-12)10-17/h1-4,12-15H,5-10H2,(H,19,20). The van der Waals surface area contributed by atoms with Gasteiger partial charge in [-0.25, -0.2) is 4.98 Å². The van der Waals surface area contributed by atoms with Gasteiger partial charge in [0.15, 0.2) is 0 Å². The van der Waals surface area contributed by atoms with Gasteiger partial charge in [0, 0.05) is 11.6 Å². The molecule has 1 unspecified atom stereocenters. The van der Waals surface area contributed by atoms with Crippen molar-refractivity contribution in [3.8, 4) is 6.07 Å². The average Bonchev–Trinajstić information content (AvgIpc) is 2.44. The quantitative estimate of drug-likeness (QED) is 0.910. The van der Waals surface area contributed by atoms with E-state index in [2.05, 4.69) is 16.4 Å². The van der Waals surface area contributed by atoms with Crippen LogP contribution < -0.4 is 5.32 Å². The molecule has 4 aliphatic carbocycles. The zero-order valence-corrected chi connectivity index (χ0v) is 11.8. The molecule has 0 radical (unpaired) electrons. The fraction of sp³-hybridized carbons (Fsp3) is 0.647. The molecule has 0 aromatic carbocycles. The van der Waals surface area contributed by atoms with Crippen molar-refractivity contribution < 1.29 is 0 Å². The van der Waals surface area contributed by atoms with Crippen molar-refractivity contribution in [1.29, 1.82) is 5.26 Å². The number of nitriles is 1. The van der Waals surface area contributed by atoms with Gasteiger partial charge in [-0.15, -0.1) is 0 Å². The summed E-state index contributed by atoms with van der Waals surface area (Å²) in [6, 6.07) is 8.33. The molecular formula is C17H21N3. The molecule has 3 nitrogen and oxygen atoms in total. The van der Waals surface area contributed by atoms with Gasteiger partial charge in [0.2, 0.25) is 0 Å². The number of hydrogen-bond donors (Lipinski definition) is 1. The third kappa shape index (κ3) is 1.90. The average molecular weight is 267 g/mol. The van der Waals surface area contributed by atoms with E-state index in [1.54, 1.807) is 6.20 Å². The largest absolute Gasteiger partial charge is 0.354 e. The maximum absolute atomic E-state index is 9.71. The number of anilines is 1. The zero-order chi connectivity index (χ0) is 13.6. The lowest BCUT2D eigenvalue weighted by molar-refractivity contribution is -0.0548. The number of aromatic nitrogens is 1. The van der Waals surface area contributed by atoms with Crippen molar-refractivity contribution in [3.05, 3.63) is 24.4 Å². The number of rotatable bonds is 3. The second-order valence-electron chi connectivity index (χ2n) is 7.20. The lowest BCUT2D eigenvalue weighted by Crippen LogP contribution is -2.53. The van der Waals surface area contributed by atoms with Crippen LogP contribution in [0.25, 0.3) is 0 Å². The van der Waals surface area contributed by atoms with Crippen LogP contribution in [-0.4, -0.2) is 11.0 Å². The first-order chi connectivity index (χ1) is 9.77. The van der Waals surface area contributed by atoms with Gasteiger partial charge in [-0.2, -0.15) is 5.26 Å². The molecule has 4 fully saturated rings. The van der Waals surface area contributed by atoms with E-state index in [9.17, 15) is 5.26 Å². The van der Waals surface area contributed by atoms with Crippen LogP contribution in [0.1, 0.15) is 38.5 Å². The van der Waals surface area contributed by atoms with Gasteiger partial charge in [-0.1, -0.05) is 6.07 Å². The Hall–Kier alpha value is -1.56. The maximum atomic E-state index is 9.71. The summed E-state index contributed by atoms with van der Waals surface area (Å²) < 4.78 is 0. The highest BCUT2D eigenvalue weighted by molar-refractivity contribution is 5.38. The molecule has 4 saturated carbocycles. The predicted molar refractivity (Wildman–Crippen MR) is 77.9 cm³/mol. The van der Waals surface area contributed by atoms with Crippen LogP contribution in [0, 0.1) is 34.5 Å². The van der Waals surface area contributed by atoms with Gasteiger partial charge >= 0.3 is 0 Å². The number of nitrogens with zero attached hydrogens (tertiary/aromatic N) is 2. The Balaban J connectivity index is 1.60. The number of nitrogens with one attached hydrogen (secondary N) is 1. The highest BCUT2D eigenvalue weighted by Crippen LogP contribution is 2.61. The summed E-state index contributed by atoms with van der Waals surface area (Å²) in [6.07, 6.45) is 9.78. The van der Waals surface area contributed by atoms with Gasteiger partial charge in [0.25, 0.3) is 0 Å². The van der Waals surface area contributed by atoms with Crippen molar-refractivity contribution >= 4 is 5.82 Å². The van der Waals surface area contributed by atoms with E-state index in [1.807, 2.05) is 18.2 Å². The summed E-state index contributed by atoms with van der Waals surface area (Å²) in [5.74, 6) is 3.47. The first-order valence-corrected chi connectivity index (χ1v) is 7.85. The molecule has 1 atom stereocenters. The van der Waals surface area contributed by atoms with Crippen molar-refractivity contribution in [2.45, 2.75) is 44.6 Å². The molecule has 0 spiro atoms. The zero-order valence-electron chi connectivity index (χ0n) is 11.8. The Labute approximate surface area is 120 Å². The Bertz CT molecular complexity index is 496. The molecule has 1 N–H and O–H groups in total. The lowest BCUT2D eigenvalue weighted by atomic mass is 9.48. The first-order valence-electron chi connectivity index (χ1n) is 7.85. The van der Waals surface area contributed by atoms with Gasteiger partial charge in [0.1, 0.15) is 11.9 Å². The fourth-order valence-corrected chi connectivity index (χ4v) is 5.45. The second kappa shape index (κ2) is 4.48. The van der Waals surface area contributed by atoms with Gasteiger partial charge < -0.3 is 5.32 Å². The predicted octanol–water partition coefficient (Wildman–Crippen LogP) is 3.60. The molecule has 0 saturated heterocycles. The Morgan fingerprint density at radius 1 is 1.15 bits per heavy atom. The van der Waals surface area contributed by atoms with E-state index in [0.29, 0.717) is 0 Å². The molecule has 1 aromatic rings. The van der Waals surface area contributed by atoms with Crippen molar-refractivity contribution in [3.63, 3.8) is 0 Å². The Kier molecular flexibility index (Phi) is 2.73. The number of pyridine rings is 1. The topological polar surface area (TPSA) is 48.7 Å². The van der Waals surface area contributed by atoms with Gasteiger partial charge in [0.05, 0.1) is 6.07 Å². The summed E-state index contributed by atoms with van der Waals surface area (Å²) in [6.45, 7) is 0. The molecule has 4 bridgehead atoms. The summed E-state index contributed by atoms with van der Waals surface area (Å²) in [5, 5.41) is 13.1. The summed E-state index contributed by atoms with van der Waals surface area (Å²) >= 11 is 0. The fourth-order valence-electron chi connectivity index (χ4n) is 5.45. The molecule has 3 heteroatoms. The van der Waals surface area contributed by atoms with Crippen LogP contribution in [-0.2, 0) is 0 Å². The van der Waals surface area contributed by atoms with E-state index in [-0.39, 0.29) is 11.5 Å². The molecule has 20 heavy (non-hydrogen) atoms. The smallest absolute Gasteiger partial charge is 0.126 e. The third-order valence-corrected chi connectivity index (χ3v) is 5.78. The van der Waals surface area contributed by atoms with E-state index in [1.165, 1.54) is 38.5 Å². The molecule has 1 aromatic heterocycles. The van der Waals surface area contributed by atoms with Crippen LogP contribution in [0.3, 0.4) is 0 Å². The summed E-state index contributed by atoms with van der Waals surface area (Å²) in [7, 11) is 0. The van der Waals surface area contributed by atoms with Gasteiger partial charge in [-0.3, -0.25) is 0 Å². The van der Waals surface area contributed by atoms with E-state index in [0.717, 1.165) is 23.6 Å². The molecule has 104 valence electrons. The molecule has 0 amide bonds. The minimum atomic E-state index is -0.0780. The van der Waals surface area contributed by atoms with E-state index in [4.69, 9.17) is 0 Å². The van der Waals surface area contributed by atoms with Crippen LogP contribution >= 0.6 is 0 Å². The summed E-state index contributed by atoms with van der Waals surface area (Å²) in [5.41, 5.74) is 0.209. The number of hydrogen-bond acceptors (Lipinski definition) is 3. The molecule has 1 heterocycles. The van der Waals surface area contributed by atoms with Crippen molar-refractivity contribution in [2.24, 2.45) is 23.2 Å². The van der Waals surface area contributed by atoms with E-state index < -0.39 is 0 Å². The lowest BCUT2D eigenvalue weighted by Gasteiger charge is -2.58. The monoisotopic (exact) mass is 267 g/mol. The van der Waals surface area contributed by atoms with Crippen LogP contribution in [0.5, 0.6) is 0 Å². The van der Waals surface area contributed by atoms with Crippen LogP contribution in [0.2, 0.25) is 0 Å². The molecule has 0 aliphatic heterocycles. The SMILES string of the molecule is N#CC(Nc1ccccn1)C12CC3CC(CC(C3)C1)C2. The highest BCUT2D eigenvalue weighted by Gasteiger charge is 2.54.